The van der Waals surface area contributed by atoms with Gasteiger partial charge in [0.2, 0.25) is 5.91 Å². The first-order valence-corrected chi connectivity index (χ1v) is 12.2. The summed E-state index contributed by atoms with van der Waals surface area (Å²) >= 11 is 1.48. The largest absolute Gasteiger partial charge is 0.507 e. The number of carbonyl (C=O) groups is 5. The molecule has 0 spiro atoms. The van der Waals surface area contributed by atoms with E-state index in [2.05, 4.69) is 0 Å². The van der Waals surface area contributed by atoms with Gasteiger partial charge in [-0.05, 0) is 72.4 Å². The van der Waals surface area contributed by atoms with E-state index in [4.69, 9.17) is 5.73 Å². The third-order valence-electron chi connectivity index (χ3n) is 7.78. The molecule has 2 aromatic rings. The van der Waals surface area contributed by atoms with E-state index in [1.807, 2.05) is 16.8 Å². The lowest BCUT2D eigenvalue weighted by Crippen LogP contribution is -2.74. The summed E-state index contributed by atoms with van der Waals surface area (Å²) in [5.41, 5.74) is 4.83. The van der Waals surface area contributed by atoms with Crippen molar-refractivity contribution >= 4 is 40.4 Å². The normalized spacial score (nSPS) is 32.3. The minimum Gasteiger partial charge on any atom is -0.507 e. The summed E-state index contributed by atoms with van der Waals surface area (Å²) < 4.78 is 0. The molecule has 35 heavy (non-hydrogen) atoms. The number of primary amides is 1. The highest BCUT2D eigenvalue weighted by Gasteiger charge is 2.69. The summed E-state index contributed by atoms with van der Waals surface area (Å²) in [5, 5.41) is 25.9. The van der Waals surface area contributed by atoms with Gasteiger partial charge in [0.15, 0.2) is 34.7 Å². The van der Waals surface area contributed by atoms with Crippen molar-refractivity contribution in [2.75, 3.05) is 14.1 Å². The number of fused-ring (bicyclic) bond motifs is 3. The van der Waals surface area contributed by atoms with Crippen molar-refractivity contribution < 1.29 is 34.2 Å². The number of phenolic OH excluding ortho intramolecular Hbond substituents is 1. The van der Waals surface area contributed by atoms with Crippen LogP contribution in [-0.4, -0.2) is 69.9 Å². The molecular weight excluding hydrogens is 472 g/mol. The van der Waals surface area contributed by atoms with Crippen LogP contribution in [0.4, 0.5) is 0 Å². The molecular formula is C25H24N2O7S. The first-order valence-electron chi connectivity index (χ1n) is 11.2. The summed E-state index contributed by atoms with van der Waals surface area (Å²) in [6.45, 7) is 0. The number of phenols is 1. The Morgan fingerprint density at radius 2 is 1.86 bits per heavy atom. The van der Waals surface area contributed by atoms with Crippen LogP contribution in [0.25, 0.3) is 11.1 Å². The number of benzene rings is 1. The number of nitrogens with zero attached hydrogens (tertiary/aromatic N) is 1. The highest BCUT2D eigenvalue weighted by Crippen LogP contribution is 2.51. The Bertz CT molecular complexity index is 1300. The van der Waals surface area contributed by atoms with Crippen molar-refractivity contribution in [3.8, 4) is 16.9 Å². The van der Waals surface area contributed by atoms with Crippen molar-refractivity contribution in [2.24, 2.45) is 29.4 Å². The number of ketones is 4. The van der Waals surface area contributed by atoms with Gasteiger partial charge in [-0.3, -0.25) is 28.9 Å². The Balaban J connectivity index is 1.67. The first-order chi connectivity index (χ1) is 16.5. The van der Waals surface area contributed by atoms with Gasteiger partial charge in [-0.15, -0.1) is 0 Å². The minimum absolute atomic E-state index is 0.000274. The van der Waals surface area contributed by atoms with Gasteiger partial charge in [-0.25, -0.2) is 0 Å². The maximum Gasteiger partial charge on any atom is 0.235 e. The van der Waals surface area contributed by atoms with Crippen LogP contribution in [0.15, 0.2) is 29.0 Å². The number of thiophene rings is 1. The molecule has 6 atom stereocenters. The van der Waals surface area contributed by atoms with Crippen LogP contribution in [0.2, 0.25) is 0 Å². The standard InChI is InChI=1S/C25H24N2O7S/c1-27(2)19-14-8-11-7-13-12(10-5-6-35-9-10)3-4-15(28)17(13)20(29)16(11)22(31)25(14,34)23(32)18(21(19)30)24(26)33/h3-6,9,11,14,16,18-19,28,34H,7-8H2,1-2H3,(H2,26,33). The molecule has 1 aromatic heterocycles. The van der Waals surface area contributed by atoms with Gasteiger partial charge in [0.05, 0.1) is 17.5 Å². The summed E-state index contributed by atoms with van der Waals surface area (Å²) in [4.78, 5) is 67.3. The lowest BCUT2D eigenvalue weighted by atomic mass is 9.52. The molecule has 0 aliphatic heterocycles. The number of hydrogen-bond acceptors (Lipinski definition) is 9. The molecule has 3 aliphatic carbocycles. The average molecular weight is 497 g/mol. The van der Waals surface area contributed by atoms with Crippen LogP contribution in [-0.2, 0) is 25.6 Å². The van der Waals surface area contributed by atoms with E-state index >= 15 is 0 Å². The smallest absolute Gasteiger partial charge is 0.235 e. The highest BCUT2D eigenvalue weighted by molar-refractivity contribution is 7.08. The predicted octanol–water partition coefficient (Wildman–Crippen LogP) is 0.596. The van der Waals surface area contributed by atoms with Gasteiger partial charge in [-0.2, -0.15) is 11.3 Å². The molecule has 2 fully saturated rings. The summed E-state index contributed by atoms with van der Waals surface area (Å²) in [7, 11) is 3.11. The van der Waals surface area contributed by atoms with Crippen LogP contribution >= 0.6 is 11.3 Å². The van der Waals surface area contributed by atoms with Crippen LogP contribution in [0.1, 0.15) is 22.3 Å². The molecule has 9 nitrogen and oxygen atoms in total. The Morgan fingerprint density at radius 1 is 1.14 bits per heavy atom. The van der Waals surface area contributed by atoms with Crippen molar-refractivity contribution in [2.45, 2.75) is 24.5 Å². The zero-order chi connectivity index (χ0) is 25.4. The maximum absolute atomic E-state index is 13.8. The summed E-state index contributed by atoms with van der Waals surface area (Å²) in [6, 6.07) is 3.89. The highest BCUT2D eigenvalue weighted by atomic mass is 32.1. The molecule has 10 heteroatoms. The number of nitrogens with two attached hydrogens (primary N) is 1. The van der Waals surface area contributed by atoms with Gasteiger partial charge in [0, 0.05) is 5.92 Å². The van der Waals surface area contributed by atoms with E-state index in [-0.39, 0.29) is 24.2 Å². The Kier molecular flexibility index (Phi) is 5.31. The van der Waals surface area contributed by atoms with E-state index in [9.17, 15) is 34.2 Å². The van der Waals surface area contributed by atoms with Gasteiger partial charge < -0.3 is 15.9 Å². The predicted molar refractivity (Wildman–Crippen MR) is 125 cm³/mol. The van der Waals surface area contributed by atoms with Crippen molar-refractivity contribution in [1.82, 2.24) is 4.90 Å². The zero-order valence-corrected chi connectivity index (χ0v) is 19.9. The molecule has 182 valence electrons. The van der Waals surface area contributed by atoms with E-state index in [0.29, 0.717) is 5.56 Å². The third kappa shape index (κ3) is 3.10. The van der Waals surface area contributed by atoms with E-state index < -0.39 is 64.4 Å². The SMILES string of the molecule is CN(C)C1C(=O)C(C(N)=O)C(=O)C2(O)C(=O)C3C(=O)c4c(O)ccc(-c5ccsc5)c4CC3CC12. The quantitative estimate of drug-likeness (QED) is 0.522. The van der Waals surface area contributed by atoms with Gasteiger partial charge in [-0.1, -0.05) is 6.07 Å². The van der Waals surface area contributed by atoms with Gasteiger partial charge in [0.1, 0.15) is 5.75 Å². The zero-order valence-electron chi connectivity index (χ0n) is 19.1. The molecule has 0 saturated heterocycles. The first kappa shape index (κ1) is 23.5. The third-order valence-corrected chi connectivity index (χ3v) is 8.46. The molecule has 2 saturated carbocycles. The molecule has 4 N–H and O–H groups in total. The number of hydrogen-bond donors (Lipinski definition) is 3. The topological polar surface area (TPSA) is 155 Å². The van der Waals surface area contributed by atoms with E-state index in [1.165, 1.54) is 22.3 Å². The second-order valence-corrected chi connectivity index (χ2v) is 10.6. The fourth-order valence-corrected chi connectivity index (χ4v) is 6.95. The van der Waals surface area contributed by atoms with Gasteiger partial charge >= 0.3 is 0 Å². The lowest BCUT2D eigenvalue weighted by molar-refractivity contribution is -0.181. The molecule has 1 heterocycles. The van der Waals surface area contributed by atoms with Crippen LogP contribution in [0.3, 0.4) is 0 Å². The Hall–Kier alpha value is -3.21. The monoisotopic (exact) mass is 496 g/mol. The van der Waals surface area contributed by atoms with Crippen LogP contribution in [0.5, 0.6) is 5.75 Å². The molecule has 6 unspecified atom stereocenters. The van der Waals surface area contributed by atoms with Crippen molar-refractivity contribution in [3.63, 3.8) is 0 Å². The van der Waals surface area contributed by atoms with Crippen LogP contribution in [0, 0.1) is 23.7 Å². The number of aliphatic hydroxyl groups is 1. The molecule has 0 bridgehead atoms. The minimum atomic E-state index is -2.71. The number of amides is 1. The van der Waals surface area contributed by atoms with Crippen LogP contribution < -0.4 is 5.73 Å². The maximum atomic E-state index is 13.8. The fourth-order valence-electron chi connectivity index (χ4n) is 6.29. The molecule has 0 radical (unpaired) electrons. The Labute approximate surface area is 204 Å². The fraction of sp³-hybridized carbons (Fsp3) is 0.400. The van der Waals surface area contributed by atoms with E-state index in [1.54, 1.807) is 20.2 Å². The second-order valence-electron chi connectivity index (χ2n) is 9.79. The number of likely N-dealkylation sites (N-methyl/N-ethyl adjacent to an activating group) is 1. The molecule has 5 rings (SSSR count). The average Bonchev–Trinajstić information content (AvgIpc) is 3.30. The van der Waals surface area contributed by atoms with Crippen molar-refractivity contribution in [3.05, 3.63) is 40.1 Å². The number of aromatic hydroxyl groups is 1. The second kappa shape index (κ2) is 7.91. The van der Waals surface area contributed by atoms with Gasteiger partial charge in [0.25, 0.3) is 0 Å². The summed E-state index contributed by atoms with van der Waals surface area (Å²) in [5.74, 6) is -10.4. The van der Waals surface area contributed by atoms with Crippen molar-refractivity contribution in [1.29, 1.82) is 0 Å². The number of rotatable bonds is 3. The van der Waals surface area contributed by atoms with E-state index in [0.717, 1.165) is 11.1 Å². The lowest BCUT2D eigenvalue weighted by Gasteiger charge is -2.52. The molecule has 3 aliphatic rings. The molecule has 1 aromatic carbocycles. The number of Topliss-reactive ketones (excluding diaryl/α,β-unsaturated/α-hetero) is 4. The summed E-state index contributed by atoms with van der Waals surface area (Å²) in [6.07, 6.45) is 0.272. The molecule has 1 amide bonds. The number of carbonyl (C=O) groups excluding carboxylic acids is 5. The Morgan fingerprint density at radius 3 is 2.46 bits per heavy atom.